The summed E-state index contributed by atoms with van der Waals surface area (Å²) in [4.78, 5) is 27.1. The van der Waals surface area contributed by atoms with Gasteiger partial charge in [0.25, 0.3) is 5.91 Å². The predicted octanol–water partition coefficient (Wildman–Crippen LogP) is 3.26. The first-order chi connectivity index (χ1) is 12.6. The molecule has 1 aliphatic rings. The highest BCUT2D eigenvalue weighted by Gasteiger charge is 2.34. The van der Waals surface area contributed by atoms with E-state index >= 15 is 0 Å². The van der Waals surface area contributed by atoms with Crippen molar-refractivity contribution in [2.45, 2.75) is 25.8 Å². The maximum Gasteiger partial charge on any atom is 0.261 e. The fourth-order valence-electron chi connectivity index (χ4n) is 3.21. The zero-order chi connectivity index (χ0) is 18.5. The van der Waals surface area contributed by atoms with Crippen molar-refractivity contribution in [1.82, 2.24) is 4.90 Å². The van der Waals surface area contributed by atoms with Gasteiger partial charge in [0.15, 0.2) is 23.9 Å². The van der Waals surface area contributed by atoms with E-state index in [1.54, 1.807) is 24.1 Å². The fourth-order valence-corrected chi connectivity index (χ4v) is 3.21. The number of carbonyl (C=O) groups excluding carboxylic acids is 2. The first kappa shape index (κ1) is 18.0. The van der Waals surface area contributed by atoms with Gasteiger partial charge in [0.05, 0.1) is 13.2 Å². The molecule has 1 saturated heterocycles. The highest BCUT2D eigenvalue weighted by Crippen LogP contribution is 2.26. The van der Waals surface area contributed by atoms with Crippen LogP contribution in [-0.4, -0.2) is 42.9 Å². The number of nitrogens with zero attached hydrogens (tertiary/aromatic N) is 1. The second kappa shape index (κ2) is 8.04. The highest BCUT2D eigenvalue weighted by molar-refractivity contribution is 6.02. The molecule has 5 heteroatoms. The lowest BCUT2D eigenvalue weighted by atomic mass is 10.0. The summed E-state index contributed by atoms with van der Waals surface area (Å²) < 4.78 is 10.9. The lowest BCUT2D eigenvalue weighted by molar-refractivity contribution is -0.133. The van der Waals surface area contributed by atoms with Crippen LogP contribution in [0.25, 0.3) is 0 Å². The van der Waals surface area contributed by atoms with Gasteiger partial charge in [-0.25, -0.2) is 0 Å². The topological polar surface area (TPSA) is 55.8 Å². The van der Waals surface area contributed by atoms with E-state index in [1.807, 2.05) is 43.3 Å². The predicted molar refractivity (Wildman–Crippen MR) is 98.7 cm³/mol. The van der Waals surface area contributed by atoms with Crippen LogP contribution in [0, 0.1) is 6.92 Å². The van der Waals surface area contributed by atoms with Crippen LogP contribution in [0.1, 0.15) is 28.8 Å². The third kappa shape index (κ3) is 3.87. The van der Waals surface area contributed by atoms with Crippen molar-refractivity contribution in [2.24, 2.45) is 0 Å². The largest absolute Gasteiger partial charge is 0.493 e. The number of benzene rings is 2. The summed E-state index contributed by atoms with van der Waals surface area (Å²) in [5.74, 6) is 0.907. The molecule has 1 heterocycles. The Kier molecular flexibility index (Phi) is 5.56. The first-order valence-electron chi connectivity index (χ1n) is 8.76. The summed E-state index contributed by atoms with van der Waals surface area (Å²) in [6, 6.07) is 14.3. The SMILES string of the molecule is COc1ccccc1OCC(=O)N1CCCC1C(=O)c1ccc(C)cc1. The third-order valence-electron chi connectivity index (χ3n) is 4.63. The summed E-state index contributed by atoms with van der Waals surface area (Å²) in [5, 5.41) is 0. The molecule has 1 fully saturated rings. The fraction of sp³-hybridized carbons (Fsp3) is 0.333. The van der Waals surface area contributed by atoms with Gasteiger partial charge in [0.1, 0.15) is 0 Å². The minimum atomic E-state index is -0.411. The lowest BCUT2D eigenvalue weighted by Crippen LogP contribution is -2.42. The average Bonchev–Trinajstić information content (AvgIpc) is 3.16. The van der Waals surface area contributed by atoms with Gasteiger partial charge in [-0.2, -0.15) is 0 Å². The number of amides is 1. The first-order valence-corrected chi connectivity index (χ1v) is 8.76. The molecule has 1 aliphatic heterocycles. The summed E-state index contributed by atoms with van der Waals surface area (Å²) in [6.45, 7) is 2.45. The van der Waals surface area contributed by atoms with Gasteiger partial charge in [-0.15, -0.1) is 0 Å². The molecule has 1 amide bonds. The number of hydrogen-bond acceptors (Lipinski definition) is 4. The maximum atomic E-state index is 12.8. The van der Waals surface area contributed by atoms with Gasteiger partial charge in [-0.1, -0.05) is 42.0 Å². The van der Waals surface area contributed by atoms with Crippen molar-refractivity contribution in [3.05, 3.63) is 59.7 Å². The maximum absolute atomic E-state index is 12.8. The molecular formula is C21H23NO4. The Labute approximate surface area is 153 Å². The van der Waals surface area contributed by atoms with Crippen molar-refractivity contribution < 1.29 is 19.1 Å². The molecule has 136 valence electrons. The smallest absolute Gasteiger partial charge is 0.261 e. The Morgan fingerprint density at radius 2 is 1.77 bits per heavy atom. The lowest BCUT2D eigenvalue weighted by Gasteiger charge is -2.24. The summed E-state index contributed by atoms with van der Waals surface area (Å²) in [6.07, 6.45) is 1.51. The van der Waals surface area contributed by atoms with E-state index in [-0.39, 0.29) is 18.3 Å². The molecule has 2 aromatic rings. The number of likely N-dealkylation sites (tertiary alicyclic amines) is 1. The number of carbonyl (C=O) groups is 2. The van der Waals surface area contributed by atoms with Crippen LogP contribution >= 0.6 is 0 Å². The summed E-state index contributed by atoms with van der Waals surface area (Å²) in [5.41, 5.74) is 1.75. The Morgan fingerprint density at radius 3 is 2.46 bits per heavy atom. The Morgan fingerprint density at radius 1 is 1.08 bits per heavy atom. The van der Waals surface area contributed by atoms with Crippen LogP contribution in [0.15, 0.2) is 48.5 Å². The van der Waals surface area contributed by atoms with Crippen LogP contribution in [0.2, 0.25) is 0 Å². The van der Waals surface area contributed by atoms with E-state index in [4.69, 9.17) is 9.47 Å². The molecule has 0 N–H and O–H groups in total. The van der Waals surface area contributed by atoms with E-state index in [2.05, 4.69) is 0 Å². The van der Waals surface area contributed by atoms with E-state index in [1.165, 1.54) is 0 Å². The second-order valence-corrected chi connectivity index (χ2v) is 6.41. The van der Waals surface area contributed by atoms with Gasteiger partial charge in [0.2, 0.25) is 0 Å². The van der Waals surface area contributed by atoms with E-state index in [9.17, 15) is 9.59 Å². The van der Waals surface area contributed by atoms with Gasteiger partial charge in [0, 0.05) is 12.1 Å². The molecule has 1 unspecified atom stereocenters. The second-order valence-electron chi connectivity index (χ2n) is 6.41. The number of ether oxygens (including phenoxy) is 2. The van der Waals surface area contributed by atoms with Crippen molar-refractivity contribution in [2.75, 3.05) is 20.3 Å². The standard InChI is InChI=1S/C21H23NO4/c1-15-9-11-16(12-10-15)21(24)17-6-5-13-22(17)20(23)14-26-19-8-4-3-7-18(19)25-2/h3-4,7-12,17H,5-6,13-14H2,1-2H3. The normalized spacial score (nSPS) is 16.4. The Bertz CT molecular complexity index is 785. The van der Waals surface area contributed by atoms with Crippen molar-refractivity contribution in [3.63, 3.8) is 0 Å². The molecule has 3 rings (SSSR count). The third-order valence-corrected chi connectivity index (χ3v) is 4.63. The minimum absolute atomic E-state index is 0.00635. The number of hydrogen-bond donors (Lipinski definition) is 0. The van der Waals surface area contributed by atoms with Crippen LogP contribution in [0.5, 0.6) is 11.5 Å². The van der Waals surface area contributed by atoms with Crippen LogP contribution in [0.4, 0.5) is 0 Å². The molecule has 26 heavy (non-hydrogen) atoms. The monoisotopic (exact) mass is 353 g/mol. The molecule has 5 nitrogen and oxygen atoms in total. The van der Waals surface area contributed by atoms with E-state index < -0.39 is 6.04 Å². The zero-order valence-electron chi connectivity index (χ0n) is 15.1. The van der Waals surface area contributed by atoms with Gasteiger partial charge < -0.3 is 14.4 Å². The molecule has 0 aromatic heterocycles. The minimum Gasteiger partial charge on any atom is -0.493 e. The average molecular weight is 353 g/mol. The highest BCUT2D eigenvalue weighted by atomic mass is 16.5. The summed E-state index contributed by atoms with van der Waals surface area (Å²) >= 11 is 0. The zero-order valence-corrected chi connectivity index (χ0v) is 15.1. The summed E-state index contributed by atoms with van der Waals surface area (Å²) in [7, 11) is 1.56. The number of para-hydroxylation sites is 2. The quantitative estimate of drug-likeness (QED) is 0.748. The van der Waals surface area contributed by atoms with Gasteiger partial charge in [-0.05, 0) is 31.9 Å². The van der Waals surface area contributed by atoms with E-state index in [0.29, 0.717) is 30.0 Å². The Hall–Kier alpha value is -2.82. The van der Waals surface area contributed by atoms with Crippen LogP contribution in [-0.2, 0) is 4.79 Å². The molecule has 1 atom stereocenters. The molecule has 0 saturated carbocycles. The van der Waals surface area contributed by atoms with Crippen molar-refractivity contribution in [1.29, 1.82) is 0 Å². The van der Waals surface area contributed by atoms with Crippen LogP contribution in [0.3, 0.4) is 0 Å². The number of Topliss-reactive ketones (excluding diaryl/α,β-unsaturated/α-hetero) is 1. The van der Waals surface area contributed by atoms with E-state index in [0.717, 1.165) is 12.0 Å². The molecule has 2 aromatic carbocycles. The van der Waals surface area contributed by atoms with Gasteiger partial charge >= 0.3 is 0 Å². The molecule has 0 aliphatic carbocycles. The Balaban J connectivity index is 1.66. The molecule has 0 bridgehead atoms. The number of ketones is 1. The number of rotatable bonds is 6. The van der Waals surface area contributed by atoms with Crippen LogP contribution < -0.4 is 9.47 Å². The number of methoxy groups -OCH3 is 1. The van der Waals surface area contributed by atoms with Crippen molar-refractivity contribution >= 4 is 11.7 Å². The molecule has 0 radical (unpaired) electrons. The molecular weight excluding hydrogens is 330 g/mol. The van der Waals surface area contributed by atoms with Crippen molar-refractivity contribution in [3.8, 4) is 11.5 Å². The number of aryl methyl sites for hydroxylation is 1. The van der Waals surface area contributed by atoms with Gasteiger partial charge in [-0.3, -0.25) is 9.59 Å². The molecule has 0 spiro atoms.